The van der Waals surface area contributed by atoms with E-state index in [9.17, 15) is 9.36 Å². The highest BCUT2D eigenvalue weighted by Crippen LogP contribution is 2.52. The Morgan fingerprint density at radius 2 is 1.96 bits per heavy atom. The fourth-order valence-electron chi connectivity index (χ4n) is 3.13. The van der Waals surface area contributed by atoms with Gasteiger partial charge in [0.2, 0.25) is 5.30 Å². The van der Waals surface area contributed by atoms with E-state index in [-0.39, 0.29) is 12.5 Å². The molecule has 0 aromatic heterocycles. The fraction of sp³-hybridized carbons (Fsp3) is 0.286. The average Bonchev–Trinajstić information content (AvgIpc) is 3.41. The first kappa shape index (κ1) is 19.3. The number of benzene rings is 2. The lowest BCUT2D eigenvalue weighted by Crippen LogP contribution is -2.37. The third-order valence-corrected chi connectivity index (χ3v) is 5.89. The number of hydrogen-bond acceptors (Lipinski definition) is 4. The van der Waals surface area contributed by atoms with Gasteiger partial charge in [0, 0.05) is 5.92 Å². The molecule has 3 unspecified atom stereocenters. The first-order valence-electron chi connectivity index (χ1n) is 8.91. The van der Waals surface area contributed by atoms with E-state index in [4.69, 9.17) is 9.26 Å². The van der Waals surface area contributed by atoms with Crippen LogP contribution in [0.25, 0.3) is 0 Å². The lowest BCUT2D eigenvalue weighted by atomic mass is 10.0. The molecule has 27 heavy (non-hydrogen) atoms. The van der Waals surface area contributed by atoms with Crippen LogP contribution in [0.5, 0.6) is 0 Å². The van der Waals surface area contributed by atoms with Crippen LogP contribution in [0.4, 0.5) is 4.79 Å². The van der Waals surface area contributed by atoms with Gasteiger partial charge < -0.3 is 10.1 Å². The zero-order valence-electron chi connectivity index (χ0n) is 15.3. The third kappa shape index (κ3) is 4.44. The molecule has 0 saturated heterocycles. The Bertz CT molecular complexity index is 822. The summed E-state index contributed by atoms with van der Waals surface area (Å²) in [6.07, 6.45) is 2.13. The van der Waals surface area contributed by atoms with Gasteiger partial charge in [-0.2, -0.15) is 0 Å². The maximum Gasteiger partial charge on any atom is 0.548 e. The second kappa shape index (κ2) is 8.47. The number of rotatable bonds is 8. The molecular weight excluding hydrogens is 361 g/mol. The van der Waals surface area contributed by atoms with Crippen molar-refractivity contribution in [3.8, 4) is 0 Å². The van der Waals surface area contributed by atoms with Crippen molar-refractivity contribution >= 4 is 19.4 Å². The largest absolute Gasteiger partial charge is 0.548 e. The minimum Gasteiger partial charge on any atom is -0.445 e. The predicted molar refractivity (Wildman–Crippen MR) is 105 cm³/mol. The van der Waals surface area contributed by atoms with Crippen molar-refractivity contribution < 1.29 is 18.6 Å². The summed E-state index contributed by atoms with van der Waals surface area (Å²) in [5.41, 5.74) is 1.35. The van der Waals surface area contributed by atoms with E-state index >= 15 is 0 Å². The summed E-state index contributed by atoms with van der Waals surface area (Å²) in [6, 6.07) is 16.9. The Labute approximate surface area is 160 Å². The van der Waals surface area contributed by atoms with E-state index in [1.165, 1.54) is 0 Å². The van der Waals surface area contributed by atoms with Gasteiger partial charge in [0.25, 0.3) is 0 Å². The molecule has 140 valence electrons. The van der Waals surface area contributed by atoms with Crippen molar-refractivity contribution in [2.45, 2.75) is 25.5 Å². The van der Waals surface area contributed by atoms with Gasteiger partial charge in [-0.25, -0.2) is 4.79 Å². The molecule has 2 aromatic carbocycles. The zero-order valence-corrected chi connectivity index (χ0v) is 16.2. The van der Waals surface area contributed by atoms with Crippen LogP contribution in [0.3, 0.4) is 0 Å². The molecule has 1 amide bonds. The number of hydrogen-bond donors (Lipinski definition) is 1. The minimum absolute atomic E-state index is 0.133. The highest BCUT2D eigenvalue weighted by molar-refractivity contribution is 7.48. The van der Waals surface area contributed by atoms with Gasteiger partial charge in [-0.1, -0.05) is 48.5 Å². The molecule has 2 aromatic rings. The molecule has 1 aliphatic carbocycles. The molecule has 0 heterocycles. The van der Waals surface area contributed by atoms with E-state index in [1.54, 1.807) is 19.1 Å². The van der Waals surface area contributed by atoms with E-state index in [0.717, 1.165) is 17.5 Å². The van der Waals surface area contributed by atoms with Crippen molar-refractivity contribution in [1.82, 2.24) is 5.32 Å². The van der Waals surface area contributed by atoms with Crippen LogP contribution in [0, 0.1) is 5.92 Å². The first-order chi connectivity index (χ1) is 13.1. The van der Waals surface area contributed by atoms with Crippen molar-refractivity contribution in [2.75, 3.05) is 6.61 Å². The number of amides is 1. The van der Waals surface area contributed by atoms with Crippen LogP contribution in [-0.2, 0) is 26.0 Å². The van der Waals surface area contributed by atoms with Crippen LogP contribution >= 0.6 is 8.03 Å². The molecule has 1 saturated carbocycles. The number of carbonyl (C=O) groups is 1. The van der Waals surface area contributed by atoms with Gasteiger partial charge in [-0.15, -0.1) is 11.1 Å². The SMILES string of the molecule is C=CC1CC1(NC(=O)OCc1ccccc1)c1ccc([P+](=O)OCC)cc1. The molecular formula is C21H23NO4P+. The minimum atomic E-state index is -1.85. The van der Waals surface area contributed by atoms with Crippen molar-refractivity contribution in [1.29, 1.82) is 0 Å². The molecule has 1 fully saturated rings. The summed E-state index contributed by atoms with van der Waals surface area (Å²) < 4.78 is 22.5. The van der Waals surface area contributed by atoms with Gasteiger partial charge in [-0.3, -0.25) is 0 Å². The van der Waals surface area contributed by atoms with E-state index in [2.05, 4.69) is 11.9 Å². The smallest absolute Gasteiger partial charge is 0.445 e. The molecule has 1 aliphatic rings. The van der Waals surface area contributed by atoms with Gasteiger partial charge in [-0.05, 0) is 41.2 Å². The molecule has 0 bridgehead atoms. The zero-order chi connectivity index (χ0) is 19.3. The number of nitrogens with one attached hydrogen (secondary N) is 1. The number of ether oxygens (including phenoxy) is 1. The Morgan fingerprint density at radius 3 is 2.56 bits per heavy atom. The second-order valence-electron chi connectivity index (χ2n) is 6.43. The van der Waals surface area contributed by atoms with E-state index < -0.39 is 19.7 Å². The highest BCUT2D eigenvalue weighted by Gasteiger charge is 2.55. The predicted octanol–water partition coefficient (Wildman–Crippen LogP) is 4.42. The molecule has 3 atom stereocenters. The van der Waals surface area contributed by atoms with Crippen molar-refractivity contribution in [2.24, 2.45) is 5.92 Å². The summed E-state index contributed by atoms with van der Waals surface area (Å²) in [5, 5.41) is 3.62. The van der Waals surface area contributed by atoms with Crippen molar-refractivity contribution in [3.63, 3.8) is 0 Å². The fourth-order valence-corrected chi connectivity index (χ4v) is 3.91. The number of alkyl carbamates (subject to hydrolysis) is 1. The van der Waals surface area contributed by atoms with E-state index in [1.807, 2.05) is 48.5 Å². The molecule has 0 aliphatic heterocycles. The monoisotopic (exact) mass is 384 g/mol. The number of carbonyl (C=O) groups excluding carboxylic acids is 1. The Morgan fingerprint density at radius 1 is 1.26 bits per heavy atom. The molecule has 6 heteroatoms. The molecule has 0 radical (unpaired) electrons. The Balaban J connectivity index is 1.68. The van der Waals surface area contributed by atoms with Gasteiger partial charge >= 0.3 is 14.1 Å². The molecule has 0 spiro atoms. The maximum absolute atomic E-state index is 12.3. The summed E-state index contributed by atoms with van der Waals surface area (Å²) >= 11 is 0. The summed E-state index contributed by atoms with van der Waals surface area (Å²) in [4.78, 5) is 12.3. The van der Waals surface area contributed by atoms with Crippen LogP contribution in [0.15, 0.2) is 67.3 Å². The van der Waals surface area contributed by atoms with Gasteiger partial charge in [0.05, 0.1) is 5.54 Å². The van der Waals surface area contributed by atoms with Crippen molar-refractivity contribution in [3.05, 3.63) is 78.4 Å². The Hall–Kier alpha value is -2.49. The molecule has 5 nitrogen and oxygen atoms in total. The lowest BCUT2D eigenvalue weighted by Gasteiger charge is -2.19. The normalized spacial score (nSPS) is 21.2. The van der Waals surface area contributed by atoms with Crippen LogP contribution in [-0.4, -0.2) is 12.7 Å². The molecule has 3 rings (SSSR count). The van der Waals surface area contributed by atoms with E-state index in [0.29, 0.717) is 11.9 Å². The van der Waals surface area contributed by atoms with Gasteiger partial charge in [0.1, 0.15) is 13.2 Å². The lowest BCUT2D eigenvalue weighted by molar-refractivity contribution is 0.133. The second-order valence-corrected chi connectivity index (χ2v) is 7.71. The van der Waals surface area contributed by atoms with Crippen LogP contribution in [0.2, 0.25) is 0 Å². The highest BCUT2D eigenvalue weighted by atomic mass is 31.1. The maximum atomic E-state index is 12.3. The summed E-state index contributed by atoms with van der Waals surface area (Å²) in [7, 11) is -1.85. The standard InChI is InChI=1S/C21H22NO4P/c1-3-17-14-21(17,18-10-12-19(13-11-18)27(24)26-4-2)22-20(23)25-15-16-8-6-5-7-9-16/h3,5-13,17H,1,4,14-15H2,2H3/p+1. The van der Waals surface area contributed by atoms with Gasteiger partial charge in [0.15, 0.2) is 0 Å². The summed E-state index contributed by atoms with van der Waals surface area (Å²) in [5.74, 6) is 0.133. The first-order valence-corrected chi connectivity index (χ1v) is 10.1. The quantitative estimate of drug-likeness (QED) is 0.541. The third-order valence-electron chi connectivity index (χ3n) is 4.68. The van der Waals surface area contributed by atoms with Crippen LogP contribution in [0.1, 0.15) is 24.5 Å². The molecule has 1 N–H and O–H groups in total. The topological polar surface area (TPSA) is 64.6 Å². The average molecular weight is 384 g/mol. The Kier molecular flexibility index (Phi) is 6.04. The van der Waals surface area contributed by atoms with Crippen LogP contribution < -0.4 is 10.6 Å². The summed E-state index contributed by atoms with van der Waals surface area (Å²) in [6.45, 7) is 6.28.